The average molecular weight is 306 g/mol. The van der Waals surface area contributed by atoms with E-state index < -0.39 is 10.8 Å². The number of nitrogens with zero attached hydrogens (tertiary/aromatic N) is 5. The van der Waals surface area contributed by atoms with Crippen molar-refractivity contribution in [3.63, 3.8) is 0 Å². The Morgan fingerprint density at radius 1 is 1.41 bits per heavy atom. The van der Waals surface area contributed by atoms with Gasteiger partial charge in [0.25, 0.3) is 5.91 Å². The summed E-state index contributed by atoms with van der Waals surface area (Å²) in [6.07, 6.45) is 2.94. The molecule has 2 heterocycles. The highest BCUT2D eigenvalue weighted by Gasteiger charge is 2.25. The van der Waals surface area contributed by atoms with E-state index in [1.807, 2.05) is 18.5 Å². The molecule has 118 valence electrons. The summed E-state index contributed by atoms with van der Waals surface area (Å²) in [5, 5.41) is 21.8. The van der Waals surface area contributed by atoms with Gasteiger partial charge in [-0.1, -0.05) is 0 Å². The molecule has 22 heavy (non-hydrogen) atoms. The maximum atomic E-state index is 12.1. The zero-order chi connectivity index (χ0) is 16.3. The molecule has 1 amide bonds. The molecule has 9 nitrogen and oxygen atoms in total. The summed E-state index contributed by atoms with van der Waals surface area (Å²) in [5.41, 5.74) is 1.36. The highest BCUT2D eigenvalue weighted by atomic mass is 16.6. The molecule has 0 bridgehead atoms. The number of amides is 1. The van der Waals surface area contributed by atoms with Crippen LogP contribution in [0.4, 0.5) is 5.69 Å². The molecule has 0 aliphatic heterocycles. The summed E-state index contributed by atoms with van der Waals surface area (Å²) < 4.78 is 3.18. The average Bonchev–Trinajstić information content (AvgIpc) is 3.08. The minimum atomic E-state index is -0.603. The summed E-state index contributed by atoms with van der Waals surface area (Å²) >= 11 is 0. The second-order valence-corrected chi connectivity index (χ2v) is 4.73. The molecule has 0 aromatic carbocycles. The number of rotatable bonds is 6. The number of nitro groups is 1. The number of hydrogen-bond acceptors (Lipinski definition) is 5. The van der Waals surface area contributed by atoms with Crippen molar-refractivity contribution in [2.45, 2.75) is 40.4 Å². The van der Waals surface area contributed by atoms with E-state index in [-0.39, 0.29) is 17.9 Å². The van der Waals surface area contributed by atoms with E-state index in [4.69, 9.17) is 0 Å². The second kappa shape index (κ2) is 6.37. The number of aryl methyl sites for hydroxylation is 2. The maximum absolute atomic E-state index is 12.1. The van der Waals surface area contributed by atoms with E-state index in [9.17, 15) is 14.9 Å². The quantitative estimate of drug-likeness (QED) is 0.638. The van der Waals surface area contributed by atoms with Gasteiger partial charge in [0.2, 0.25) is 5.69 Å². The van der Waals surface area contributed by atoms with E-state index in [1.54, 1.807) is 13.1 Å². The Labute approximate surface area is 127 Å². The molecule has 9 heteroatoms. The van der Waals surface area contributed by atoms with Crippen LogP contribution in [0.1, 0.15) is 35.6 Å². The largest absolute Gasteiger partial charge is 0.346 e. The van der Waals surface area contributed by atoms with Gasteiger partial charge < -0.3 is 5.32 Å². The maximum Gasteiger partial charge on any atom is 0.320 e. The predicted molar refractivity (Wildman–Crippen MR) is 78.4 cm³/mol. The molecule has 2 aromatic rings. The fourth-order valence-electron chi connectivity index (χ4n) is 2.10. The van der Waals surface area contributed by atoms with Gasteiger partial charge in [0.15, 0.2) is 0 Å². The minimum Gasteiger partial charge on any atom is -0.346 e. The third-order valence-electron chi connectivity index (χ3n) is 3.42. The van der Waals surface area contributed by atoms with Crippen molar-refractivity contribution in [1.29, 1.82) is 0 Å². The second-order valence-electron chi connectivity index (χ2n) is 4.73. The number of nitrogens with one attached hydrogen (secondary N) is 1. The molecule has 0 aliphatic rings. The molecule has 2 aromatic heterocycles. The highest BCUT2D eigenvalue weighted by molar-refractivity contribution is 5.95. The zero-order valence-electron chi connectivity index (χ0n) is 12.7. The van der Waals surface area contributed by atoms with Crippen molar-refractivity contribution in [3.05, 3.63) is 39.5 Å². The van der Waals surface area contributed by atoms with Gasteiger partial charge in [-0.2, -0.15) is 10.2 Å². The molecule has 0 fully saturated rings. The Morgan fingerprint density at radius 2 is 2.14 bits per heavy atom. The first-order valence-corrected chi connectivity index (χ1v) is 6.99. The van der Waals surface area contributed by atoms with Crippen molar-refractivity contribution >= 4 is 11.6 Å². The van der Waals surface area contributed by atoms with Gasteiger partial charge in [0.1, 0.15) is 6.20 Å². The van der Waals surface area contributed by atoms with Gasteiger partial charge >= 0.3 is 5.69 Å². The number of hydrogen-bond donors (Lipinski definition) is 1. The molecule has 0 spiro atoms. The van der Waals surface area contributed by atoms with Gasteiger partial charge in [-0.05, 0) is 20.8 Å². The van der Waals surface area contributed by atoms with Crippen LogP contribution in [0.3, 0.4) is 0 Å². The third-order valence-corrected chi connectivity index (χ3v) is 3.42. The van der Waals surface area contributed by atoms with Crippen LogP contribution in [0, 0.1) is 17.0 Å². The minimum absolute atomic E-state index is 0.174. The Morgan fingerprint density at radius 3 is 2.68 bits per heavy atom. The Balaban J connectivity index is 2.14. The Hall–Kier alpha value is -2.71. The first-order valence-electron chi connectivity index (χ1n) is 6.99. The van der Waals surface area contributed by atoms with Crippen LogP contribution in [-0.4, -0.2) is 30.4 Å². The van der Waals surface area contributed by atoms with E-state index in [2.05, 4.69) is 15.5 Å². The standard InChI is InChI=1S/C13H18N6O3/c1-4-17-8-11(19(21)22)12(16-17)13(20)14-6-10-7-15-18(5-2)9(10)3/h7-8H,4-6H2,1-3H3,(H,14,20). The molecule has 2 rings (SSSR count). The summed E-state index contributed by atoms with van der Waals surface area (Å²) in [4.78, 5) is 22.5. The topological polar surface area (TPSA) is 108 Å². The first-order chi connectivity index (χ1) is 10.5. The Kier molecular flexibility index (Phi) is 4.54. The number of carbonyl (C=O) groups excluding carboxylic acids is 1. The molecule has 0 saturated carbocycles. The lowest BCUT2D eigenvalue weighted by molar-refractivity contribution is -0.385. The van der Waals surface area contributed by atoms with Crippen molar-refractivity contribution in [3.8, 4) is 0 Å². The highest BCUT2D eigenvalue weighted by Crippen LogP contribution is 2.17. The molecule has 0 radical (unpaired) electrons. The van der Waals surface area contributed by atoms with Gasteiger partial charge in [0.05, 0.1) is 11.1 Å². The normalized spacial score (nSPS) is 10.7. The van der Waals surface area contributed by atoms with Gasteiger partial charge in [0, 0.05) is 30.9 Å². The predicted octanol–water partition coefficient (Wildman–Crippen LogP) is 1.27. The molecule has 0 aliphatic carbocycles. The van der Waals surface area contributed by atoms with Gasteiger partial charge in [-0.15, -0.1) is 0 Å². The number of carbonyl (C=O) groups is 1. The van der Waals surface area contributed by atoms with Crippen molar-refractivity contribution < 1.29 is 9.72 Å². The molecule has 0 saturated heterocycles. The van der Waals surface area contributed by atoms with Crippen LogP contribution >= 0.6 is 0 Å². The monoisotopic (exact) mass is 306 g/mol. The SMILES string of the molecule is CCn1cc([N+](=O)[O-])c(C(=O)NCc2cnn(CC)c2C)n1. The van der Waals surface area contributed by atoms with Crippen LogP contribution in [0.5, 0.6) is 0 Å². The van der Waals surface area contributed by atoms with Gasteiger partial charge in [-0.25, -0.2) is 0 Å². The van der Waals surface area contributed by atoms with Crippen LogP contribution < -0.4 is 5.32 Å². The summed E-state index contributed by atoms with van der Waals surface area (Å²) in [5.74, 6) is -0.567. The fourth-order valence-corrected chi connectivity index (χ4v) is 2.10. The lowest BCUT2D eigenvalue weighted by Crippen LogP contribution is -2.24. The Bertz CT molecular complexity index is 703. The first kappa shape index (κ1) is 15.7. The van der Waals surface area contributed by atoms with Crippen LogP contribution in [0.15, 0.2) is 12.4 Å². The molecule has 0 atom stereocenters. The van der Waals surface area contributed by atoms with Gasteiger partial charge in [-0.3, -0.25) is 24.3 Å². The van der Waals surface area contributed by atoms with Crippen LogP contribution in [0.2, 0.25) is 0 Å². The van der Waals surface area contributed by atoms with Crippen molar-refractivity contribution in [1.82, 2.24) is 24.9 Å². The zero-order valence-corrected chi connectivity index (χ0v) is 12.7. The summed E-state index contributed by atoms with van der Waals surface area (Å²) in [7, 11) is 0. The summed E-state index contributed by atoms with van der Waals surface area (Å²) in [6, 6.07) is 0. The third kappa shape index (κ3) is 2.97. The van der Waals surface area contributed by atoms with E-state index in [1.165, 1.54) is 10.9 Å². The van der Waals surface area contributed by atoms with E-state index >= 15 is 0 Å². The van der Waals surface area contributed by atoms with Crippen molar-refractivity contribution in [2.75, 3.05) is 0 Å². The molecule has 1 N–H and O–H groups in total. The van der Waals surface area contributed by atoms with E-state index in [0.717, 1.165) is 17.8 Å². The number of aromatic nitrogens is 4. The van der Waals surface area contributed by atoms with E-state index in [0.29, 0.717) is 6.54 Å². The molecular weight excluding hydrogens is 288 g/mol. The fraction of sp³-hybridized carbons (Fsp3) is 0.462. The van der Waals surface area contributed by atoms with Crippen LogP contribution in [0.25, 0.3) is 0 Å². The lowest BCUT2D eigenvalue weighted by atomic mass is 10.2. The molecule has 0 unspecified atom stereocenters. The van der Waals surface area contributed by atoms with Crippen molar-refractivity contribution in [2.24, 2.45) is 0 Å². The lowest BCUT2D eigenvalue weighted by Gasteiger charge is -2.04. The van der Waals surface area contributed by atoms with Crippen LogP contribution in [-0.2, 0) is 19.6 Å². The molecular formula is C13H18N6O3. The smallest absolute Gasteiger partial charge is 0.320 e. The summed E-state index contributed by atoms with van der Waals surface area (Å²) in [6.45, 7) is 7.12.